The Morgan fingerprint density at radius 3 is 2.30 bits per heavy atom. The summed E-state index contributed by atoms with van der Waals surface area (Å²) in [7, 11) is 1.62. The lowest BCUT2D eigenvalue weighted by molar-refractivity contribution is -0.938. The molecular weight excluding hydrogens is 532 g/mol. The molecule has 3 aromatic rings. The predicted octanol–water partition coefficient (Wildman–Crippen LogP) is 1.89. The van der Waals surface area contributed by atoms with E-state index in [1.807, 2.05) is 84.9 Å². The molecular formula is C30H33BrN2O4. The molecule has 0 aliphatic carbocycles. The van der Waals surface area contributed by atoms with Crippen molar-refractivity contribution in [2.24, 2.45) is 5.92 Å². The first kappa shape index (κ1) is 26.9. The largest absolute Gasteiger partial charge is 1.00 e. The van der Waals surface area contributed by atoms with E-state index < -0.39 is 6.04 Å². The highest BCUT2D eigenvalue weighted by Gasteiger charge is 2.49. The van der Waals surface area contributed by atoms with Crippen molar-refractivity contribution in [2.75, 3.05) is 38.6 Å². The number of hydrogen-bond donors (Lipinski definition) is 1. The number of hydrogen-bond acceptors (Lipinski definition) is 5. The van der Waals surface area contributed by atoms with Gasteiger partial charge in [0.2, 0.25) is 5.78 Å². The molecule has 3 saturated heterocycles. The van der Waals surface area contributed by atoms with E-state index in [-0.39, 0.29) is 34.8 Å². The summed E-state index contributed by atoms with van der Waals surface area (Å²) in [5, 5.41) is 3.35. The molecule has 3 heterocycles. The molecule has 1 unspecified atom stereocenters. The number of nitrogens with one attached hydrogen (secondary N) is 1. The average Bonchev–Trinajstić information content (AvgIpc) is 2.93. The summed E-state index contributed by atoms with van der Waals surface area (Å²) in [6.45, 7) is 3.06. The second-order valence-corrected chi connectivity index (χ2v) is 9.95. The molecule has 3 aromatic carbocycles. The van der Waals surface area contributed by atoms with Crippen molar-refractivity contribution in [3.8, 4) is 5.75 Å². The number of piperidine rings is 3. The Labute approximate surface area is 228 Å². The van der Waals surface area contributed by atoms with Crippen LogP contribution in [0.5, 0.6) is 5.75 Å². The summed E-state index contributed by atoms with van der Waals surface area (Å²) in [5.74, 6) is 0.916. The third-order valence-electron chi connectivity index (χ3n) is 7.63. The second-order valence-electron chi connectivity index (χ2n) is 9.95. The standard InChI is InChI=1S/C30H33N2O4.BrH/c1-35-26-14-8-13-25(19-26)31-29(24-11-6-3-7-12-24)30(34)36-28-21-32(17-15-23(28)16-18-32)20-27(33)22-9-4-2-5-10-22;/h2-14,19,23,28-29,31H,15-18,20-21H2,1H3;1H/q+1;/p-1/t23?,28-,29?,32?;/m0./s1. The number of methoxy groups -OCH3 is 1. The molecule has 2 bridgehead atoms. The van der Waals surface area contributed by atoms with Crippen molar-refractivity contribution in [2.45, 2.75) is 25.0 Å². The summed E-state index contributed by atoms with van der Waals surface area (Å²) in [6, 6.07) is 26.0. The van der Waals surface area contributed by atoms with Gasteiger partial charge in [0.05, 0.1) is 20.2 Å². The SMILES string of the molecule is COc1cccc(NC(C(=O)O[C@H]2C[N+]3(CC(=O)c4ccccc4)CCC2CC3)c2ccccc2)c1.[Br-]. The van der Waals surface area contributed by atoms with E-state index in [0.717, 1.165) is 42.7 Å². The van der Waals surface area contributed by atoms with Gasteiger partial charge in [-0.2, -0.15) is 0 Å². The fourth-order valence-corrected chi connectivity index (χ4v) is 5.62. The lowest BCUT2D eigenvalue weighted by Gasteiger charge is -2.51. The van der Waals surface area contributed by atoms with Crippen LogP contribution in [0.4, 0.5) is 5.69 Å². The first-order valence-electron chi connectivity index (χ1n) is 12.6. The Morgan fingerprint density at radius 1 is 0.946 bits per heavy atom. The Kier molecular flexibility index (Phi) is 8.67. The Morgan fingerprint density at radius 2 is 1.62 bits per heavy atom. The zero-order valence-corrected chi connectivity index (χ0v) is 22.6. The number of rotatable bonds is 9. The van der Waals surface area contributed by atoms with Gasteiger partial charge in [0.1, 0.15) is 18.8 Å². The lowest BCUT2D eigenvalue weighted by Crippen LogP contribution is -3.00. The van der Waals surface area contributed by atoms with Gasteiger partial charge in [0.15, 0.2) is 12.1 Å². The van der Waals surface area contributed by atoms with Gasteiger partial charge in [0.25, 0.3) is 0 Å². The van der Waals surface area contributed by atoms with Crippen LogP contribution in [0.25, 0.3) is 0 Å². The molecule has 3 aliphatic rings. The fourth-order valence-electron chi connectivity index (χ4n) is 5.62. The summed E-state index contributed by atoms with van der Waals surface area (Å²) < 4.78 is 12.3. The number of ketones is 1. The normalized spacial score (nSPS) is 22.8. The molecule has 1 N–H and O–H groups in total. The van der Waals surface area contributed by atoms with Gasteiger partial charge in [-0.05, 0) is 17.7 Å². The predicted molar refractivity (Wildman–Crippen MR) is 139 cm³/mol. The Balaban J connectivity index is 0.00000320. The van der Waals surface area contributed by atoms with Crippen molar-refractivity contribution in [1.29, 1.82) is 0 Å². The zero-order chi connectivity index (χ0) is 25.0. The van der Waals surface area contributed by atoms with Crippen LogP contribution in [0, 0.1) is 5.92 Å². The number of quaternary nitrogens is 1. The van der Waals surface area contributed by atoms with Crippen molar-refractivity contribution in [1.82, 2.24) is 0 Å². The molecule has 0 radical (unpaired) electrons. The Hall–Kier alpha value is -3.16. The number of ether oxygens (including phenoxy) is 2. The average molecular weight is 566 g/mol. The quantitative estimate of drug-likeness (QED) is 0.244. The van der Waals surface area contributed by atoms with E-state index in [0.29, 0.717) is 29.2 Å². The Bertz CT molecular complexity index is 1200. The minimum absolute atomic E-state index is 0. The lowest BCUT2D eigenvalue weighted by atomic mass is 9.82. The van der Waals surface area contributed by atoms with Gasteiger partial charge in [-0.1, -0.05) is 66.7 Å². The van der Waals surface area contributed by atoms with Gasteiger partial charge >= 0.3 is 5.97 Å². The van der Waals surface area contributed by atoms with E-state index in [9.17, 15) is 9.59 Å². The number of anilines is 1. The van der Waals surface area contributed by atoms with E-state index >= 15 is 0 Å². The molecule has 0 aromatic heterocycles. The fraction of sp³-hybridized carbons (Fsp3) is 0.333. The van der Waals surface area contributed by atoms with E-state index in [1.54, 1.807) is 7.11 Å². The van der Waals surface area contributed by atoms with Gasteiger partial charge in [-0.25, -0.2) is 4.79 Å². The topological polar surface area (TPSA) is 64.6 Å². The van der Waals surface area contributed by atoms with E-state index in [2.05, 4.69) is 5.32 Å². The van der Waals surface area contributed by atoms with Gasteiger partial charge in [-0.3, -0.25) is 4.79 Å². The number of fused-ring (bicyclic) bond motifs is 3. The number of carbonyl (C=O) groups excluding carboxylic acids is 2. The number of nitrogens with zero attached hydrogens (tertiary/aromatic N) is 1. The highest BCUT2D eigenvalue weighted by atomic mass is 79.9. The summed E-state index contributed by atoms with van der Waals surface area (Å²) >= 11 is 0. The molecule has 3 fully saturated rings. The molecule has 6 nitrogen and oxygen atoms in total. The van der Waals surface area contributed by atoms with Crippen molar-refractivity contribution in [3.05, 3.63) is 96.1 Å². The molecule has 194 valence electrons. The molecule has 37 heavy (non-hydrogen) atoms. The smallest absolute Gasteiger partial charge is 0.333 e. The highest BCUT2D eigenvalue weighted by Crippen LogP contribution is 2.37. The number of esters is 1. The molecule has 3 aliphatic heterocycles. The molecule has 6 rings (SSSR count). The number of Topliss-reactive ketones (excluding diaryl/α,β-unsaturated/α-hetero) is 1. The zero-order valence-electron chi connectivity index (χ0n) is 21.0. The first-order chi connectivity index (χ1) is 17.5. The van der Waals surface area contributed by atoms with Crippen LogP contribution in [0.2, 0.25) is 0 Å². The minimum atomic E-state index is -0.645. The van der Waals surface area contributed by atoms with Gasteiger partial charge < -0.3 is 36.3 Å². The third kappa shape index (κ3) is 6.22. The molecule has 0 amide bonds. The van der Waals surface area contributed by atoms with Crippen molar-refractivity contribution < 1.29 is 40.5 Å². The highest BCUT2D eigenvalue weighted by molar-refractivity contribution is 5.97. The minimum Gasteiger partial charge on any atom is -1.00 e. The molecule has 2 atom stereocenters. The van der Waals surface area contributed by atoms with Crippen LogP contribution >= 0.6 is 0 Å². The maximum Gasteiger partial charge on any atom is 0.333 e. The summed E-state index contributed by atoms with van der Waals surface area (Å²) in [6.07, 6.45) is 1.75. The number of benzene rings is 3. The molecule has 7 heteroatoms. The van der Waals surface area contributed by atoms with Crippen LogP contribution < -0.4 is 27.0 Å². The summed E-state index contributed by atoms with van der Waals surface area (Å²) in [4.78, 5) is 26.6. The summed E-state index contributed by atoms with van der Waals surface area (Å²) in [5.41, 5.74) is 2.37. The third-order valence-corrected chi connectivity index (χ3v) is 7.63. The van der Waals surface area contributed by atoms with Crippen molar-refractivity contribution >= 4 is 17.4 Å². The van der Waals surface area contributed by atoms with E-state index in [4.69, 9.17) is 9.47 Å². The maximum atomic E-state index is 13.6. The van der Waals surface area contributed by atoms with Crippen molar-refractivity contribution in [3.63, 3.8) is 0 Å². The van der Waals surface area contributed by atoms with E-state index in [1.165, 1.54) is 0 Å². The van der Waals surface area contributed by atoms with Gasteiger partial charge in [0, 0.05) is 36.1 Å². The van der Waals surface area contributed by atoms with Crippen LogP contribution in [-0.4, -0.2) is 55.6 Å². The first-order valence-corrected chi connectivity index (χ1v) is 12.6. The number of carbonyl (C=O) groups is 2. The second kappa shape index (κ2) is 11.9. The maximum absolute atomic E-state index is 13.6. The number of halogens is 1. The van der Waals surface area contributed by atoms with Crippen LogP contribution in [0.3, 0.4) is 0 Å². The van der Waals surface area contributed by atoms with Crippen LogP contribution in [0.15, 0.2) is 84.9 Å². The van der Waals surface area contributed by atoms with Gasteiger partial charge in [-0.15, -0.1) is 0 Å². The van der Waals surface area contributed by atoms with Crippen LogP contribution in [0.1, 0.15) is 34.8 Å². The van der Waals surface area contributed by atoms with Crippen LogP contribution in [-0.2, 0) is 9.53 Å². The molecule has 0 saturated carbocycles. The monoisotopic (exact) mass is 564 g/mol. The molecule has 0 spiro atoms.